The molecule has 1 heterocycles. The Kier molecular flexibility index (Phi) is 5.54. The van der Waals surface area contributed by atoms with Gasteiger partial charge in [-0.3, -0.25) is 4.68 Å². The van der Waals surface area contributed by atoms with E-state index in [0.29, 0.717) is 12.0 Å². The highest BCUT2D eigenvalue weighted by Gasteiger charge is 2.40. The maximum Gasteiger partial charge on any atom is 0.435 e. The second-order valence-electron chi connectivity index (χ2n) is 7.43. The molecule has 9 heteroatoms. The highest BCUT2D eigenvalue weighted by Crippen LogP contribution is 2.44. The second kappa shape index (κ2) is 8.05. The Morgan fingerprint density at radius 2 is 1.59 bits per heavy atom. The number of hydrogen-bond acceptors (Lipinski definition) is 3. The Balaban J connectivity index is 2.02. The summed E-state index contributed by atoms with van der Waals surface area (Å²) < 4.78 is 80.6. The maximum absolute atomic E-state index is 14.0. The van der Waals surface area contributed by atoms with Crippen molar-refractivity contribution in [2.24, 2.45) is 0 Å². The minimum absolute atomic E-state index is 0.0483. The molecule has 0 radical (unpaired) electrons. The van der Waals surface area contributed by atoms with Gasteiger partial charge < -0.3 is 0 Å². The fourth-order valence-corrected chi connectivity index (χ4v) is 4.28. The second-order valence-corrected chi connectivity index (χ2v) is 9.45. The van der Waals surface area contributed by atoms with Crippen LogP contribution in [0.4, 0.5) is 17.6 Å². The number of rotatable bonds is 4. The van der Waals surface area contributed by atoms with Gasteiger partial charge in [-0.15, -0.1) is 0 Å². The number of hydrogen-bond donors (Lipinski definition) is 0. The van der Waals surface area contributed by atoms with Crippen LogP contribution in [-0.4, -0.2) is 24.5 Å². The zero-order valence-corrected chi connectivity index (χ0v) is 17.7. The van der Waals surface area contributed by atoms with E-state index in [9.17, 15) is 26.0 Å². The van der Waals surface area contributed by atoms with Crippen molar-refractivity contribution in [1.29, 1.82) is 0 Å². The lowest BCUT2D eigenvalue weighted by molar-refractivity contribution is -0.141. The third-order valence-corrected chi connectivity index (χ3v) is 6.27. The van der Waals surface area contributed by atoms with Crippen molar-refractivity contribution in [3.05, 3.63) is 84.3 Å². The molecule has 166 valence electrons. The summed E-state index contributed by atoms with van der Waals surface area (Å²) in [5.41, 5.74) is -0.582. The summed E-state index contributed by atoms with van der Waals surface area (Å²) in [5, 5.41) is 3.95. The van der Waals surface area contributed by atoms with Gasteiger partial charge in [0.05, 0.1) is 16.6 Å². The van der Waals surface area contributed by atoms with Gasteiger partial charge in [-0.05, 0) is 36.2 Å². The molecule has 4 rings (SSSR count). The maximum atomic E-state index is 14.0. The first-order chi connectivity index (χ1) is 15.1. The van der Waals surface area contributed by atoms with Gasteiger partial charge >= 0.3 is 6.18 Å². The van der Waals surface area contributed by atoms with E-state index in [1.807, 2.05) is 6.08 Å². The van der Waals surface area contributed by atoms with Crippen molar-refractivity contribution in [3.63, 3.8) is 0 Å². The first-order valence-electron chi connectivity index (χ1n) is 9.65. The Bertz CT molecular complexity index is 1300. The van der Waals surface area contributed by atoms with E-state index in [0.717, 1.165) is 18.4 Å². The molecule has 1 atom stereocenters. The quantitative estimate of drug-likeness (QED) is 0.458. The molecule has 1 unspecified atom stereocenters. The number of halogens is 4. The predicted octanol–water partition coefficient (Wildman–Crippen LogP) is 5.84. The molecule has 1 aliphatic rings. The van der Waals surface area contributed by atoms with Crippen LogP contribution in [0, 0.1) is 5.82 Å². The molecule has 0 fully saturated rings. The summed E-state index contributed by atoms with van der Waals surface area (Å²) in [4.78, 5) is 0.0483. The van der Waals surface area contributed by atoms with Gasteiger partial charge in [-0.2, -0.15) is 18.3 Å². The van der Waals surface area contributed by atoms with E-state index >= 15 is 0 Å². The molecule has 2 aromatic carbocycles. The van der Waals surface area contributed by atoms with E-state index in [1.54, 1.807) is 18.2 Å². The average molecular weight is 462 g/mol. The summed E-state index contributed by atoms with van der Waals surface area (Å²) in [6.07, 6.45) is 3.83. The van der Waals surface area contributed by atoms with Crippen LogP contribution in [0.3, 0.4) is 0 Å². The molecule has 0 saturated heterocycles. The number of benzene rings is 2. The first kappa shape index (κ1) is 22.0. The van der Waals surface area contributed by atoms with E-state index in [2.05, 4.69) is 5.10 Å². The van der Waals surface area contributed by atoms with Crippen molar-refractivity contribution in [2.75, 3.05) is 6.26 Å². The fraction of sp³-hybridized carbons (Fsp3) is 0.174. The first-order valence-corrected chi connectivity index (χ1v) is 11.5. The minimum Gasteiger partial charge on any atom is -0.256 e. The van der Waals surface area contributed by atoms with E-state index < -0.39 is 33.6 Å². The van der Waals surface area contributed by atoms with Crippen LogP contribution in [0.15, 0.2) is 77.7 Å². The van der Waals surface area contributed by atoms with Crippen LogP contribution in [-0.2, 0) is 16.0 Å². The van der Waals surface area contributed by atoms with Gasteiger partial charge in [-0.25, -0.2) is 12.8 Å². The minimum atomic E-state index is -4.76. The number of aromatic nitrogens is 2. The Morgan fingerprint density at radius 3 is 2.12 bits per heavy atom. The Labute approximate surface area is 182 Å². The van der Waals surface area contributed by atoms with Crippen molar-refractivity contribution in [1.82, 2.24) is 9.78 Å². The molecule has 1 aliphatic carbocycles. The lowest BCUT2D eigenvalue weighted by Gasteiger charge is -2.18. The standard InChI is InChI=1S/C23H18F4N2O2S/c1-32(30,31)19-13-9-16(10-14-19)21-20(15-7-11-17(24)12-8-15)22(23(25,26)27)28-29(21)18-5-3-2-4-6-18/h2-5,7-14,18H,6H2,1H3. The van der Waals surface area contributed by atoms with Gasteiger partial charge in [0, 0.05) is 17.4 Å². The Morgan fingerprint density at radius 1 is 0.969 bits per heavy atom. The fourth-order valence-electron chi connectivity index (χ4n) is 3.65. The normalized spacial score (nSPS) is 16.5. The third kappa shape index (κ3) is 4.25. The molecule has 4 nitrogen and oxygen atoms in total. The van der Waals surface area contributed by atoms with Crippen molar-refractivity contribution in [3.8, 4) is 22.4 Å². The largest absolute Gasteiger partial charge is 0.435 e. The average Bonchev–Trinajstić information content (AvgIpc) is 3.15. The monoisotopic (exact) mass is 462 g/mol. The molecule has 1 aromatic heterocycles. The van der Waals surface area contributed by atoms with Gasteiger partial charge in [-0.1, -0.05) is 48.6 Å². The SMILES string of the molecule is CS(=O)(=O)c1ccc(-c2c(-c3ccc(F)cc3)c(C(F)(F)F)nn2C2C=CC=CC2)cc1. The molecule has 0 N–H and O–H groups in total. The molecule has 0 aliphatic heterocycles. The van der Waals surface area contributed by atoms with Crippen LogP contribution in [0.2, 0.25) is 0 Å². The van der Waals surface area contributed by atoms with Gasteiger partial charge in [0.25, 0.3) is 0 Å². The summed E-state index contributed by atoms with van der Waals surface area (Å²) in [7, 11) is -3.48. The molecule has 0 amide bonds. The number of nitrogens with zero attached hydrogens (tertiary/aromatic N) is 2. The van der Waals surface area contributed by atoms with Crippen LogP contribution < -0.4 is 0 Å². The highest BCUT2D eigenvalue weighted by atomic mass is 32.2. The van der Waals surface area contributed by atoms with Gasteiger partial charge in [0.1, 0.15) is 5.82 Å². The van der Waals surface area contributed by atoms with Crippen molar-refractivity contribution < 1.29 is 26.0 Å². The van der Waals surface area contributed by atoms with E-state index in [4.69, 9.17) is 0 Å². The number of alkyl halides is 3. The zero-order valence-electron chi connectivity index (χ0n) is 16.8. The predicted molar refractivity (Wildman–Crippen MR) is 113 cm³/mol. The molecular weight excluding hydrogens is 444 g/mol. The summed E-state index contributed by atoms with van der Waals surface area (Å²) >= 11 is 0. The smallest absolute Gasteiger partial charge is 0.256 e. The van der Waals surface area contributed by atoms with Gasteiger partial charge in [0.2, 0.25) is 0 Å². The lowest BCUT2D eigenvalue weighted by Crippen LogP contribution is -2.13. The van der Waals surface area contributed by atoms with Crippen molar-refractivity contribution >= 4 is 9.84 Å². The number of allylic oxidation sites excluding steroid dienone is 4. The molecular formula is C23H18F4N2O2S. The van der Waals surface area contributed by atoms with Crippen LogP contribution >= 0.6 is 0 Å². The van der Waals surface area contributed by atoms with Crippen molar-refractivity contribution in [2.45, 2.75) is 23.5 Å². The molecule has 0 bridgehead atoms. The van der Waals surface area contributed by atoms with Gasteiger partial charge in [0.15, 0.2) is 15.5 Å². The zero-order chi connectivity index (χ0) is 23.1. The molecule has 0 saturated carbocycles. The highest BCUT2D eigenvalue weighted by molar-refractivity contribution is 7.90. The van der Waals surface area contributed by atoms with Crippen LogP contribution in [0.5, 0.6) is 0 Å². The van der Waals surface area contributed by atoms with E-state index in [-0.39, 0.29) is 21.7 Å². The third-order valence-electron chi connectivity index (χ3n) is 5.14. The topological polar surface area (TPSA) is 52.0 Å². The molecule has 32 heavy (non-hydrogen) atoms. The number of sulfone groups is 1. The summed E-state index contributed by atoms with van der Waals surface area (Å²) in [6, 6.07) is 9.87. The Hall–Kier alpha value is -3.20. The summed E-state index contributed by atoms with van der Waals surface area (Å²) in [6.45, 7) is 0. The summed E-state index contributed by atoms with van der Waals surface area (Å²) in [5.74, 6) is -0.575. The van der Waals surface area contributed by atoms with Crippen LogP contribution in [0.1, 0.15) is 18.2 Å². The lowest BCUT2D eigenvalue weighted by atomic mass is 9.97. The van der Waals surface area contributed by atoms with E-state index in [1.165, 1.54) is 41.1 Å². The molecule has 0 spiro atoms. The molecule has 3 aromatic rings. The van der Waals surface area contributed by atoms with Crippen LogP contribution in [0.25, 0.3) is 22.4 Å².